The topological polar surface area (TPSA) is 137 Å². The molecular weight excluding hydrogens is 686 g/mol. The van der Waals surface area contributed by atoms with Crippen LogP contribution in [0.4, 0.5) is 11.4 Å². The Labute approximate surface area is 280 Å². The number of nitrogens with zero attached hydrogens (tertiary/aromatic N) is 3. The molecule has 2 fully saturated rings. The molecule has 2 heterocycles. The summed E-state index contributed by atoms with van der Waals surface area (Å²) in [6, 6.07) is 7.25. The van der Waals surface area contributed by atoms with Gasteiger partial charge in [0.25, 0.3) is 11.8 Å². The zero-order valence-electron chi connectivity index (χ0n) is 23.8. The molecule has 1 saturated carbocycles. The highest BCUT2D eigenvalue weighted by atomic mass is 35.5. The van der Waals surface area contributed by atoms with Crippen molar-refractivity contribution in [2.75, 3.05) is 10.2 Å². The van der Waals surface area contributed by atoms with Gasteiger partial charge in [-0.3, -0.25) is 19.4 Å². The van der Waals surface area contributed by atoms with E-state index in [9.17, 15) is 27.9 Å². The zero-order valence-corrected chi connectivity index (χ0v) is 27.6. The first-order valence-corrected chi connectivity index (χ1v) is 17.0. The molecular formula is C30H28Cl4N4O6S. The van der Waals surface area contributed by atoms with Gasteiger partial charge in [0.05, 0.1) is 26.2 Å². The van der Waals surface area contributed by atoms with Crippen LogP contribution in [0.25, 0.3) is 0 Å². The van der Waals surface area contributed by atoms with Gasteiger partial charge in [-0.1, -0.05) is 59.2 Å². The number of rotatable bonds is 8. The molecule has 4 atom stereocenters. The molecule has 5 rings (SSSR count). The van der Waals surface area contributed by atoms with Gasteiger partial charge in [-0.15, -0.1) is 0 Å². The number of carbonyl (C=O) groups excluding carboxylic acids is 2. The largest absolute Gasteiger partial charge is 0.480 e. The van der Waals surface area contributed by atoms with E-state index in [1.54, 1.807) is 0 Å². The Morgan fingerprint density at radius 1 is 0.978 bits per heavy atom. The van der Waals surface area contributed by atoms with Gasteiger partial charge in [0.15, 0.2) is 0 Å². The number of carbonyl (C=O) groups is 3. The second kappa shape index (κ2) is 13.4. The first kappa shape index (κ1) is 33.4. The average Bonchev–Trinajstić information content (AvgIpc) is 3.38. The summed E-state index contributed by atoms with van der Waals surface area (Å²) in [4.78, 5) is 44.8. The number of aromatic nitrogens is 1. The number of halogens is 4. The van der Waals surface area contributed by atoms with E-state index in [0.717, 1.165) is 24.2 Å². The molecule has 1 aliphatic heterocycles. The number of benzene rings is 2. The molecule has 15 heteroatoms. The van der Waals surface area contributed by atoms with Crippen molar-refractivity contribution in [1.29, 1.82) is 0 Å². The van der Waals surface area contributed by atoms with Crippen LogP contribution in [0.15, 0.2) is 59.8 Å². The molecule has 2 amide bonds. The van der Waals surface area contributed by atoms with Gasteiger partial charge in [0.1, 0.15) is 12.1 Å². The van der Waals surface area contributed by atoms with E-state index in [1.165, 1.54) is 66.1 Å². The third kappa shape index (κ3) is 6.79. The highest BCUT2D eigenvalue weighted by Crippen LogP contribution is 2.44. The number of carboxylic acid groups (broad SMARTS) is 1. The Morgan fingerprint density at radius 2 is 1.58 bits per heavy atom. The molecule has 10 nitrogen and oxygen atoms in total. The number of hydrogen-bond acceptors (Lipinski definition) is 7. The molecule has 45 heavy (non-hydrogen) atoms. The minimum atomic E-state index is -4.32. The standard InChI is InChI=1S/C30H28Cl4N4O6S/c1-16(30(41)42)36-20-6-8-21(9-7-20)37(29(40)27-23(33)14-35-15-24(27)34)28(39)26-10-17-4-2-3-5-25(17)38(26)45(43,44)22-12-18(31)11-19(32)13-22/h6-9,11-17,25-26,36H,2-5,10H2,1H3,(H,41,42)/t16-,17-,25-,26-/m0/s1. The molecule has 2 aliphatic rings. The fourth-order valence-electron chi connectivity index (χ4n) is 6.01. The van der Waals surface area contributed by atoms with Gasteiger partial charge < -0.3 is 10.4 Å². The van der Waals surface area contributed by atoms with Crippen LogP contribution in [0.3, 0.4) is 0 Å². The second-order valence-electron chi connectivity index (χ2n) is 11.0. The van der Waals surface area contributed by atoms with Crippen molar-refractivity contribution >= 4 is 85.6 Å². The minimum absolute atomic E-state index is 0.0977. The summed E-state index contributed by atoms with van der Waals surface area (Å²) >= 11 is 25.0. The molecule has 0 unspecified atom stereocenters. The van der Waals surface area contributed by atoms with Crippen molar-refractivity contribution in [3.8, 4) is 0 Å². The van der Waals surface area contributed by atoms with Crippen molar-refractivity contribution in [3.63, 3.8) is 0 Å². The SMILES string of the molecule is C[C@H](Nc1ccc(N(C(=O)c2c(Cl)cncc2Cl)C(=O)[C@@H]2C[C@@H]3CCCC[C@@H]3N2S(=O)(=O)c2cc(Cl)cc(Cl)c2)cc1)C(=O)O. The lowest BCUT2D eigenvalue weighted by molar-refractivity contribution is -0.137. The van der Waals surface area contributed by atoms with E-state index in [0.29, 0.717) is 12.1 Å². The zero-order chi connectivity index (χ0) is 32.6. The van der Waals surface area contributed by atoms with Gasteiger partial charge in [-0.05, 0) is 74.6 Å². The molecule has 1 aliphatic carbocycles. The van der Waals surface area contributed by atoms with Crippen LogP contribution < -0.4 is 10.2 Å². The molecule has 0 radical (unpaired) electrons. The summed E-state index contributed by atoms with van der Waals surface area (Å²) < 4.78 is 29.7. The molecule has 2 N–H and O–H groups in total. The van der Waals surface area contributed by atoms with Crippen LogP contribution >= 0.6 is 46.4 Å². The van der Waals surface area contributed by atoms with Crippen molar-refractivity contribution in [2.24, 2.45) is 5.92 Å². The van der Waals surface area contributed by atoms with Crippen molar-refractivity contribution in [2.45, 2.75) is 62.0 Å². The number of hydrogen-bond donors (Lipinski definition) is 2. The Hall–Kier alpha value is -2.93. The lowest BCUT2D eigenvalue weighted by Gasteiger charge is -2.34. The van der Waals surface area contributed by atoms with E-state index in [4.69, 9.17) is 46.4 Å². The van der Waals surface area contributed by atoms with Gasteiger partial charge in [-0.25, -0.2) is 13.3 Å². The minimum Gasteiger partial charge on any atom is -0.480 e. The lowest BCUT2D eigenvalue weighted by atomic mass is 9.85. The first-order chi connectivity index (χ1) is 21.3. The Kier molecular flexibility index (Phi) is 9.98. The summed E-state index contributed by atoms with van der Waals surface area (Å²) in [6.07, 6.45) is 5.54. The summed E-state index contributed by atoms with van der Waals surface area (Å²) in [5.41, 5.74) is 0.331. The number of fused-ring (bicyclic) bond motifs is 1. The normalized spacial score (nSPS) is 20.7. The maximum Gasteiger partial charge on any atom is 0.325 e. The summed E-state index contributed by atoms with van der Waals surface area (Å²) in [6.45, 7) is 1.46. The van der Waals surface area contributed by atoms with Crippen molar-refractivity contribution < 1.29 is 27.9 Å². The number of aliphatic carboxylic acids is 1. The van der Waals surface area contributed by atoms with Crippen molar-refractivity contribution in [1.82, 2.24) is 9.29 Å². The lowest BCUT2D eigenvalue weighted by Crippen LogP contribution is -2.52. The quantitative estimate of drug-likeness (QED) is 0.244. The number of amides is 2. The van der Waals surface area contributed by atoms with Crippen LogP contribution in [0.1, 0.15) is 49.4 Å². The summed E-state index contributed by atoms with van der Waals surface area (Å²) in [7, 11) is -4.32. The third-order valence-corrected chi connectivity index (χ3v) is 11.0. The predicted molar refractivity (Wildman–Crippen MR) is 173 cm³/mol. The van der Waals surface area contributed by atoms with E-state index in [2.05, 4.69) is 10.3 Å². The predicted octanol–water partition coefficient (Wildman–Crippen LogP) is 6.78. The van der Waals surface area contributed by atoms with Gasteiger partial charge in [0, 0.05) is 34.2 Å². The first-order valence-electron chi connectivity index (χ1n) is 14.1. The summed E-state index contributed by atoms with van der Waals surface area (Å²) in [5, 5.41) is 12.1. The monoisotopic (exact) mass is 712 g/mol. The van der Waals surface area contributed by atoms with Crippen LogP contribution in [-0.2, 0) is 19.6 Å². The fraction of sp³-hybridized carbons (Fsp3) is 0.333. The Bertz CT molecular complexity index is 1720. The van der Waals surface area contributed by atoms with Crippen LogP contribution in [0.2, 0.25) is 20.1 Å². The number of sulfonamides is 1. The van der Waals surface area contributed by atoms with E-state index >= 15 is 0 Å². The Balaban J connectivity index is 1.61. The molecule has 0 bridgehead atoms. The van der Waals surface area contributed by atoms with Gasteiger partial charge in [0.2, 0.25) is 10.0 Å². The van der Waals surface area contributed by atoms with Gasteiger partial charge in [-0.2, -0.15) is 4.31 Å². The smallest absolute Gasteiger partial charge is 0.325 e. The van der Waals surface area contributed by atoms with E-state index in [1.807, 2.05) is 0 Å². The maximum absolute atomic E-state index is 14.7. The van der Waals surface area contributed by atoms with Crippen LogP contribution in [0, 0.1) is 5.92 Å². The fourth-order valence-corrected chi connectivity index (χ4v) is 9.14. The molecule has 1 aromatic heterocycles. The molecule has 238 valence electrons. The number of pyridine rings is 1. The van der Waals surface area contributed by atoms with E-state index in [-0.39, 0.29) is 48.6 Å². The third-order valence-electron chi connectivity index (χ3n) is 8.10. The van der Waals surface area contributed by atoms with E-state index < -0.39 is 45.9 Å². The van der Waals surface area contributed by atoms with Crippen LogP contribution in [-0.4, -0.2) is 58.7 Å². The highest BCUT2D eigenvalue weighted by molar-refractivity contribution is 7.89. The Morgan fingerprint density at radius 3 is 2.18 bits per heavy atom. The highest BCUT2D eigenvalue weighted by Gasteiger charge is 2.53. The number of nitrogens with one attached hydrogen (secondary N) is 1. The molecule has 1 saturated heterocycles. The molecule has 2 aromatic carbocycles. The number of anilines is 2. The molecule has 3 aromatic rings. The number of imide groups is 1. The van der Waals surface area contributed by atoms with Gasteiger partial charge >= 0.3 is 5.97 Å². The molecule has 0 spiro atoms. The number of carboxylic acids is 1. The van der Waals surface area contributed by atoms with Crippen LogP contribution in [0.5, 0.6) is 0 Å². The second-order valence-corrected chi connectivity index (χ2v) is 14.5. The average molecular weight is 714 g/mol. The summed E-state index contributed by atoms with van der Waals surface area (Å²) in [5.74, 6) is -2.87. The van der Waals surface area contributed by atoms with Crippen molar-refractivity contribution in [3.05, 3.63) is 80.5 Å². The maximum atomic E-state index is 14.7.